The molecule has 0 rings (SSSR count). The summed E-state index contributed by atoms with van der Waals surface area (Å²) in [6, 6.07) is -0.163. The van der Waals surface area contributed by atoms with Crippen molar-refractivity contribution in [3.05, 3.63) is 0 Å². The second kappa shape index (κ2) is 12.3. The van der Waals surface area contributed by atoms with E-state index in [4.69, 9.17) is 15.2 Å². The molecule has 6 nitrogen and oxygen atoms in total. The van der Waals surface area contributed by atoms with E-state index in [0.29, 0.717) is 26.3 Å². The lowest BCUT2D eigenvalue weighted by atomic mass is 10.2. The van der Waals surface area contributed by atoms with Crippen molar-refractivity contribution < 1.29 is 14.3 Å². The van der Waals surface area contributed by atoms with Gasteiger partial charge in [-0.05, 0) is 26.3 Å². The summed E-state index contributed by atoms with van der Waals surface area (Å²) in [6.45, 7) is 6.02. The normalized spacial score (nSPS) is 12.7. The molecular formula is C13H29N3O3. The van der Waals surface area contributed by atoms with Crippen molar-refractivity contribution in [2.75, 3.05) is 53.6 Å². The molecule has 114 valence electrons. The zero-order chi connectivity index (χ0) is 14.5. The van der Waals surface area contributed by atoms with Gasteiger partial charge in [0.25, 0.3) is 0 Å². The van der Waals surface area contributed by atoms with Crippen LogP contribution < -0.4 is 11.1 Å². The van der Waals surface area contributed by atoms with E-state index < -0.39 is 0 Å². The van der Waals surface area contributed by atoms with E-state index in [2.05, 4.69) is 10.2 Å². The Morgan fingerprint density at radius 2 is 1.89 bits per heavy atom. The number of nitrogens with two attached hydrogens (primary N) is 1. The summed E-state index contributed by atoms with van der Waals surface area (Å²) >= 11 is 0. The highest BCUT2D eigenvalue weighted by atomic mass is 16.5. The molecule has 0 heterocycles. The lowest BCUT2D eigenvalue weighted by Gasteiger charge is -2.27. The van der Waals surface area contributed by atoms with E-state index in [1.807, 2.05) is 6.92 Å². The van der Waals surface area contributed by atoms with Gasteiger partial charge in [-0.2, -0.15) is 0 Å². The number of amides is 1. The molecule has 0 aromatic rings. The number of methoxy groups -OCH3 is 2. The van der Waals surface area contributed by atoms with E-state index in [9.17, 15) is 4.79 Å². The first kappa shape index (κ1) is 18.3. The highest BCUT2D eigenvalue weighted by Crippen LogP contribution is 2.01. The number of nitrogens with zero attached hydrogens (tertiary/aromatic N) is 1. The summed E-state index contributed by atoms with van der Waals surface area (Å²) in [5, 5.41) is 2.92. The largest absolute Gasteiger partial charge is 0.385 e. The molecule has 1 unspecified atom stereocenters. The molecule has 0 aromatic heterocycles. The van der Waals surface area contributed by atoms with Gasteiger partial charge in [0.15, 0.2) is 0 Å². The molecule has 1 amide bonds. The quantitative estimate of drug-likeness (QED) is 0.483. The van der Waals surface area contributed by atoms with Gasteiger partial charge >= 0.3 is 0 Å². The molecule has 0 fully saturated rings. The zero-order valence-corrected chi connectivity index (χ0v) is 12.5. The monoisotopic (exact) mass is 275 g/mol. The Hall–Kier alpha value is -0.690. The topological polar surface area (TPSA) is 76.8 Å². The van der Waals surface area contributed by atoms with Gasteiger partial charge in [0.05, 0.1) is 12.6 Å². The Bertz CT molecular complexity index is 219. The minimum atomic E-state index is -0.163. The SMILES string of the molecule is COCCCNC(=O)C(C)N(CCCN)CCOC. The molecule has 0 radical (unpaired) electrons. The van der Waals surface area contributed by atoms with Crippen LogP contribution in [-0.4, -0.2) is 70.5 Å². The summed E-state index contributed by atoms with van der Waals surface area (Å²) in [5.41, 5.74) is 5.52. The van der Waals surface area contributed by atoms with Crippen LogP contribution in [0.5, 0.6) is 0 Å². The maximum atomic E-state index is 12.0. The highest BCUT2D eigenvalue weighted by molar-refractivity contribution is 5.81. The van der Waals surface area contributed by atoms with Crippen molar-refractivity contribution in [2.24, 2.45) is 5.73 Å². The van der Waals surface area contributed by atoms with Crippen LogP contribution in [0.3, 0.4) is 0 Å². The van der Waals surface area contributed by atoms with E-state index in [1.165, 1.54) is 0 Å². The molecule has 0 bridgehead atoms. The van der Waals surface area contributed by atoms with E-state index >= 15 is 0 Å². The molecule has 6 heteroatoms. The van der Waals surface area contributed by atoms with Crippen LogP contribution in [0.2, 0.25) is 0 Å². The van der Waals surface area contributed by atoms with Crippen LogP contribution >= 0.6 is 0 Å². The molecule has 0 aliphatic heterocycles. The average molecular weight is 275 g/mol. The average Bonchev–Trinajstić information content (AvgIpc) is 2.43. The van der Waals surface area contributed by atoms with Crippen LogP contribution in [0.1, 0.15) is 19.8 Å². The number of carbonyl (C=O) groups excluding carboxylic acids is 1. The van der Waals surface area contributed by atoms with Gasteiger partial charge in [0, 0.05) is 40.5 Å². The third-order valence-electron chi connectivity index (χ3n) is 2.98. The first-order valence-corrected chi connectivity index (χ1v) is 6.87. The lowest BCUT2D eigenvalue weighted by Crippen LogP contribution is -2.47. The Balaban J connectivity index is 4.10. The number of hydrogen-bond donors (Lipinski definition) is 2. The van der Waals surface area contributed by atoms with Gasteiger partial charge in [-0.1, -0.05) is 0 Å². The van der Waals surface area contributed by atoms with E-state index in [-0.39, 0.29) is 11.9 Å². The summed E-state index contributed by atoms with van der Waals surface area (Å²) in [6.07, 6.45) is 1.71. The Labute approximate surface area is 116 Å². The first-order chi connectivity index (χ1) is 9.17. The first-order valence-electron chi connectivity index (χ1n) is 6.87. The summed E-state index contributed by atoms with van der Waals surface area (Å²) < 4.78 is 10.0. The minimum Gasteiger partial charge on any atom is -0.385 e. The summed E-state index contributed by atoms with van der Waals surface area (Å²) in [5.74, 6) is 0.0456. The summed E-state index contributed by atoms with van der Waals surface area (Å²) in [4.78, 5) is 14.1. The third-order valence-corrected chi connectivity index (χ3v) is 2.98. The maximum absolute atomic E-state index is 12.0. The number of nitrogens with one attached hydrogen (secondary N) is 1. The fraction of sp³-hybridized carbons (Fsp3) is 0.923. The number of ether oxygens (including phenoxy) is 2. The number of hydrogen-bond acceptors (Lipinski definition) is 5. The molecule has 0 saturated carbocycles. The summed E-state index contributed by atoms with van der Waals surface area (Å²) in [7, 11) is 3.32. The molecule has 19 heavy (non-hydrogen) atoms. The van der Waals surface area contributed by atoms with Crippen molar-refractivity contribution in [1.29, 1.82) is 0 Å². The van der Waals surface area contributed by atoms with Gasteiger partial charge in [-0.25, -0.2) is 0 Å². The van der Waals surface area contributed by atoms with Crippen molar-refractivity contribution in [3.63, 3.8) is 0 Å². The second-order valence-electron chi connectivity index (χ2n) is 4.48. The predicted octanol–water partition coefficient (Wildman–Crippen LogP) is -0.175. The van der Waals surface area contributed by atoms with Gasteiger partial charge in [-0.3, -0.25) is 9.69 Å². The fourth-order valence-corrected chi connectivity index (χ4v) is 1.74. The van der Waals surface area contributed by atoms with Gasteiger partial charge in [0.1, 0.15) is 0 Å². The Kier molecular flexibility index (Phi) is 11.9. The maximum Gasteiger partial charge on any atom is 0.237 e. The van der Waals surface area contributed by atoms with Crippen LogP contribution in [0, 0.1) is 0 Å². The molecule has 0 aliphatic carbocycles. The standard InChI is InChI=1S/C13H29N3O3/c1-12(13(17)15-7-5-10-18-2)16(8-4-6-14)9-11-19-3/h12H,4-11,14H2,1-3H3,(H,15,17). The van der Waals surface area contributed by atoms with Gasteiger partial charge in [-0.15, -0.1) is 0 Å². The number of rotatable bonds is 12. The van der Waals surface area contributed by atoms with Crippen molar-refractivity contribution in [2.45, 2.75) is 25.8 Å². The second-order valence-corrected chi connectivity index (χ2v) is 4.48. The number of carbonyl (C=O) groups is 1. The minimum absolute atomic E-state index is 0.0456. The molecule has 0 aliphatic rings. The molecule has 0 saturated heterocycles. The molecule has 0 aromatic carbocycles. The smallest absolute Gasteiger partial charge is 0.237 e. The lowest BCUT2D eigenvalue weighted by molar-refractivity contribution is -0.126. The van der Waals surface area contributed by atoms with Gasteiger partial charge < -0.3 is 20.5 Å². The van der Waals surface area contributed by atoms with Gasteiger partial charge in [0.2, 0.25) is 5.91 Å². The Morgan fingerprint density at radius 1 is 1.21 bits per heavy atom. The molecule has 3 N–H and O–H groups in total. The van der Waals surface area contributed by atoms with Crippen molar-refractivity contribution >= 4 is 5.91 Å². The van der Waals surface area contributed by atoms with E-state index in [1.54, 1.807) is 14.2 Å². The van der Waals surface area contributed by atoms with E-state index in [0.717, 1.165) is 25.9 Å². The molecular weight excluding hydrogens is 246 g/mol. The van der Waals surface area contributed by atoms with Crippen LogP contribution in [-0.2, 0) is 14.3 Å². The molecule has 1 atom stereocenters. The Morgan fingerprint density at radius 3 is 2.47 bits per heavy atom. The fourth-order valence-electron chi connectivity index (χ4n) is 1.74. The third kappa shape index (κ3) is 8.93. The van der Waals surface area contributed by atoms with Crippen molar-refractivity contribution in [1.82, 2.24) is 10.2 Å². The van der Waals surface area contributed by atoms with Crippen LogP contribution in [0.25, 0.3) is 0 Å². The van der Waals surface area contributed by atoms with Crippen LogP contribution in [0.4, 0.5) is 0 Å². The molecule has 0 spiro atoms. The predicted molar refractivity (Wildman–Crippen MR) is 76.1 cm³/mol. The highest BCUT2D eigenvalue weighted by Gasteiger charge is 2.20. The van der Waals surface area contributed by atoms with Crippen molar-refractivity contribution in [3.8, 4) is 0 Å². The van der Waals surface area contributed by atoms with Crippen LogP contribution in [0.15, 0.2) is 0 Å². The zero-order valence-electron chi connectivity index (χ0n) is 12.5.